The molecule has 6 nitrogen and oxygen atoms in total. The molecular formula is C11H15N3O3S. The predicted octanol–water partition coefficient (Wildman–Crippen LogP) is -0.172. The van der Waals surface area contributed by atoms with Crippen molar-refractivity contribution in [3.63, 3.8) is 0 Å². The molecule has 7 heteroatoms. The highest BCUT2D eigenvalue weighted by Gasteiger charge is 2.28. The smallest absolute Gasteiger partial charge is 0.272 e. The van der Waals surface area contributed by atoms with Gasteiger partial charge in [-0.2, -0.15) is 0 Å². The van der Waals surface area contributed by atoms with Crippen LogP contribution in [0.25, 0.3) is 0 Å². The average Bonchev–Trinajstić information content (AvgIpc) is 2.66. The number of anilines is 1. The zero-order valence-corrected chi connectivity index (χ0v) is 10.6. The Bertz CT molecular complexity index is 556. The van der Waals surface area contributed by atoms with Crippen molar-refractivity contribution in [3.05, 3.63) is 24.0 Å². The lowest BCUT2D eigenvalue weighted by atomic mass is 10.1. The van der Waals surface area contributed by atoms with Gasteiger partial charge in [0.2, 0.25) is 0 Å². The Morgan fingerprint density at radius 3 is 2.94 bits per heavy atom. The maximum atomic E-state index is 11.8. The molecule has 0 aromatic carbocycles. The molecule has 1 aliphatic heterocycles. The Labute approximate surface area is 106 Å². The molecule has 0 spiro atoms. The summed E-state index contributed by atoms with van der Waals surface area (Å²) in [6, 6.07) is 3.25. The van der Waals surface area contributed by atoms with Crippen LogP contribution in [-0.4, -0.2) is 37.4 Å². The second kappa shape index (κ2) is 4.93. The number of nitrogens with one attached hydrogen (secondary N) is 1. The van der Waals surface area contributed by atoms with Gasteiger partial charge in [0.15, 0.2) is 15.5 Å². The predicted molar refractivity (Wildman–Crippen MR) is 67.7 cm³/mol. The molecule has 2 heterocycles. The first-order chi connectivity index (χ1) is 8.48. The van der Waals surface area contributed by atoms with Gasteiger partial charge in [-0.15, -0.1) is 0 Å². The van der Waals surface area contributed by atoms with Crippen molar-refractivity contribution in [2.45, 2.75) is 6.42 Å². The van der Waals surface area contributed by atoms with Crippen LogP contribution in [-0.2, 0) is 9.84 Å². The lowest BCUT2D eigenvalue weighted by Crippen LogP contribution is -2.31. The van der Waals surface area contributed by atoms with E-state index in [1.165, 1.54) is 6.20 Å². The van der Waals surface area contributed by atoms with Gasteiger partial charge in [-0.05, 0) is 24.5 Å². The van der Waals surface area contributed by atoms with E-state index in [0.29, 0.717) is 18.7 Å². The van der Waals surface area contributed by atoms with Crippen molar-refractivity contribution in [3.8, 4) is 0 Å². The summed E-state index contributed by atoms with van der Waals surface area (Å²) < 4.78 is 22.5. The number of hydrogen-bond donors (Lipinski definition) is 2. The Kier molecular flexibility index (Phi) is 3.51. The third-order valence-electron chi connectivity index (χ3n) is 2.93. The fourth-order valence-electron chi connectivity index (χ4n) is 1.96. The van der Waals surface area contributed by atoms with Crippen LogP contribution in [0.15, 0.2) is 18.3 Å². The Morgan fingerprint density at radius 1 is 1.56 bits per heavy atom. The lowest BCUT2D eigenvalue weighted by Gasteiger charge is -2.10. The fourth-order valence-corrected chi connectivity index (χ4v) is 3.82. The third-order valence-corrected chi connectivity index (χ3v) is 4.77. The van der Waals surface area contributed by atoms with Gasteiger partial charge < -0.3 is 11.1 Å². The minimum absolute atomic E-state index is 0.0103. The summed E-state index contributed by atoms with van der Waals surface area (Å²) in [4.78, 5) is 15.7. The molecule has 18 heavy (non-hydrogen) atoms. The highest BCUT2D eigenvalue weighted by Crippen LogP contribution is 2.17. The highest BCUT2D eigenvalue weighted by molar-refractivity contribution is 7.91. The number of nitrogens with two attached hydrogens (primary N) is 1. The van der Waals surface area contributed by atoms with Crippen molar-refractivity contribution in [2.24, 2.45) is 5.92 Å². The number of amides is 1. The van der Waals surface area contributed by atoms with Gasteiger partial charge in [0.1, 0.15) is 0 Å². The number of carbonyl (C=O) groups excluding carboxylic acids is 1. The average molecular weight is 269 g/mol. The minimum Gasteiger partial charge on any atom is -0.397 e. The van der Waals surface area contributed by atoms with Crippen molar-refractivity contribution in [2.75, 3.05) is 23.8 Å². The van der Waals surface area contributed by atoms with E-state index in [2.05, 4.69) is 10.3 Å². The second-order valence-corrected chi connectivity index (χ2v) is 6.65. The number of carbonyl (C=O) groups is 1. The van der Waals surface area contributed by atoms with Gasteiger partial charge in [-0.1, -0.05) is 0 Å². The summed E-state index contributed by atoms with van der Waals surface area (Å²) in [5, 5.41) is 2.67. The first-order valence-corrected chi connectivity index (χ1v) is 7.49. The maximum absolute atomic E-state index is 11.8. The molecule has 0 bridgehead atoms. The third kappa shape index (κ3) is 2.98. The summed E-state index contributed by atoms with van der Waals surface area (Å²) in [5.41, 5.74) is 6.12. The number of sulfone groups is 1. The summed E-state index contributed by atoms with van der Waals surface area (Å²) in [5.74, 6) is -0.0224. The molecule has 0 radical (unpaired) electrons. The van der Waals surface area contributed by atoms with E-state index in [4.69, 9.17) is 5.73 Å². The van der Waals surface area contributed by atoms with Gasteiger partial charge in [0.05, 0.1) is 17.2 Å². The molecule has 1 amide bonds. The van der Waals surface area contributed by atoms with Gasteiger partial charge in [0.25, 0.3) is 5.91 Å². The van der Waals surface area contributed by atoms with Crippen LogP contribution in [0.3, 0.4) is 0 Å². The van der Waals surface area contributed by atoms with Crippen LogP contribution >= 0.6 is 0 Å². The van der Waals surface area contributed by atoms with Crippen LogP contribution < -0.4 is 11.1 Å². The van der Waals surface area contributed by atoms with Gasteiger partial charge in [-0.3, -0.25) is 4.79 Å². The first kappa shape index (κ1) is 12.8. The van der Waals surface area contributed by atoms with Gasteiger partial charge in [0, 0.05) is 12.7 Å². The normalized spacial score (nSPS) is 21.7. The zero-order chi connectivity index (χ0) is 13.2. The lowest BCUT2D eigenvalue weighted by molar-refractivity contribution is 0.0944. The molecule has 1 unspecified atom stereocenters. The van der Waals surface area contributed by atoms with Crippen LogP contribution in [0, 0.1) is 5.92 Å². The summed E-state index contributed by atoms with van der Waals surface area (Å²) in [7, 11) is -2.91. The SMILES string of the molecule is Nc1cccnc1C(=O)NCC1CCS(=O)(=O)C1. The monoisotopic (exact) mass is 269 g/mol. The van der Waals surface area contributed by atoms with E-state index in [9.17, 15) is 13.2 Å². The molecule has 1 aliphatic rings. The number of nitrogen functional groups attached to an aromatic ring is 1. The van der Waals surface area contributed by atoms with E-state index in [-0.39, 0.29) is 29.0 Å². The van der Waals surface area contributed by atoms with Gasteiger partial charge >= 0.3 is 0 Å². The summed E-state index contributed by atoms with van der Waals surface area (Å²) >= 11 is 0. The van der Waals surface area contributed by atoms with Crippen LogP contribution in [0.4, 0.5) is 5.69 Å². The molecule has 1 atom stereocenters. The van der Waals surface area contributed by atoms with Crippen molar-refractivity contribution in [1.29, 1.82) is 0 Å². The van der Waals surface area contributed by atoms with Gasteiger partial charge in [-0.25, -0.2) is 13.4 Å². The topological polar surface area (TPSA) is 102 Å². The molecule has 1 aromatic heterocycles. The molecule has 1 saturated heterocycles. The molecule has 1 aromatic rings. The number of pyridine rings is 1. The zero-order valence-electron chi connectivity index (χ0n) is 9.80. The van der Waals surface area contributed by atoms with E-state index >= 15 is 0 Å². The van der Waals surface area contributed by atoms with Crippen molar-refractivity contribution < 1.29 is 13.2 Å². The summed E-state index contributed by atoms with van der Waals surface area (Å²) in [6.07, 6.45) is 2.09. The quantitative estimate of drug-likeness (QED) is 0.793. The maximum Gasteiger partial charge on any atom is 0.272 e. The Hall–Kier alpha value is -1.63. The van der Waals surface area contributed by atoms with E-state index in [1.807, 2.05) is 0 Å². The number of aromatic nitrogens is 1. The minimum atomic E-state index is -2.91. The molecule has 1 fully saturated rings. The Morgan fingerprint density at radius 2 is 2.33 bits per heavy atom. The van der Waals surface area contributed by atoms with Crippen molar-refractivity contribution >= 4 is 21.4 Å². The number of rotatable bonds is 3. The molecule has 3 N–H and O–H groups in total. The molecular weight excluding hydrogens is 254 g/mol. The Balaban J connectivity index is 1.92. The molecule has 0 aliphatic carbocycles. The standard InChI is InChI=1S/C11H15N3O3S/c12-9-2-1-4-13-10(9)11(15)14-6-8-3-5-18(16,17)7-8/h1-2,4,8H,3,5-7,12H2,(H,14,15). The first-order valence-electron chi connectivity index (χ1n) is 5.67. The van der Waals surface area contributed by atoms with Crippen LogP contribution in [0.1, 0.15) is 16.9 Å². The highest BCUT2D eigenvalue weighted by atomic mass is 32.2. The van der Waals surface area contributed by atoms with Crippen LogP contribution in [0.2, 0.25) is 0 Å². The van der Waals surface area contributed by atoms with E-state index in [0.717, 1.165) is 0 Å². The molecule has 2 rings (SSSR count). The number of nitrogens with zero attached hydrogens (tertiary/aromatic N) is 1. The largest absolute Gasteiger partial charge is 0.397 e. The van der Waals surface area contributed by atoms with Crippen LogP contribution in [0.5, 0.6) is 0 Å². The van der Waals surface area contributed by atoms with E-state index in [1.54, 1.807) is 12.1 Å². The summed E-state index contributed by atoms with van der Waals surface area (Å²) in [6.45, 7) is 0.341. The van der Waals surface area contributed by atoms with E-state index < -0.39 is 9.84 Å². The fraction of sp³-hybridized carbons (Fsp3) is 0.455. The second-order valence-electron chi connectivity index (χ2n) is 4.42. The van der Waals surface area contributed by atoms with Crippen molar-refractivity contribution in [1.82, 2.24) is 10.3 Å². The molecule has 0 saturated carbocycles. The number of hydrogen-bond acceptors (Lipinski definition) is 5. The molecule has 98 valence electrons.